The SMILES string of the molecule is CCOCCCNS(=O)(=O)c1ccc(NCCO)c(C(=O)O)c1. The predicted octanol–water partition coefficient (Wildman–Crippen LogP) is 0.494. The molecule has 0 radical (unpaired) electrons. The number of benzene rings is 1. The Kier molecular flexibility index (Phi) is 7.96. The summed E-state index contributed by atoms with van der Waals surface area (Å²) in [6, 6.07) is 3.78. The van der Waals surface area contributed by atoms with Gasteiger partial charge < -0.3 is 20.3 Å². The van der Waals surface area contributed by atoms with E-state index in [0.29, 0.717) is 19.6 Å². The highest BCUT2D eigenvalue weighted by molar-refractivity contribution is 7.89. The minimum atomic E-state index is -3.79. The van der Waals surface area contributed by atoms with Crippen molar-refractivity contribution >= 4 is 21.7 Å². The average Bonchev–Trinajstić information content (AvgIpc) is 2.52. The molecule has 9 heteroatoms. The maximum absolute atomic E-state index is 12.2. The van der Waals surface area contributed by atoms with Crippen LogP contribution in [0.15, 0.2) is 23.1 Å². The van der Waals surface area contributed by atoms with Gasteiger partial charge in [0.15, 0.2) is 0 Å². The van der Waals surface area contributed by atoms with Crippen LogP contribution in [0, 0.1) is 0 Å². The Hall–Kier alpha value is -1.68. The molecular weight excluding hydrogens is 324 g/mol. The number of rotatable bonds is 11. The lowest BCUT2D eigenvalue weighted by molar-refractivity contribution is 0.0697. The van der Waals surface area contributed by atoms with Crippen LogP contribution in [-0.4, -0.2) is 57.5 Å². The third-order valence-corrected chi connectivity index (χ3v) is 4.38. The summed E-state index contributed by atoms with van der Waals surface area (Å²) in [6.07, 6.45) is 0.523. The van der Waals surface area contributed by atoms with Gasteiger partial charge in [-0.1, -0.05) is 0 Å². The van der Waals surface area contributed by atoms with Crippen LogP contribution in [0.3, 0.4) is 0 Å². The van der Waals surface area contributed by atoms with Gasteiger partial charge in [0.2, 0.25) is 10.0 Å². The molecule has 0 fully saturated rings. The number of sulfonamides is 1. The molecule has 0 saturated carbocycles. The fourth-order valence-electron chi connectivity index (χ4n) is 1.82. The zero-order valence-corrected chi connectivity index (χ0v) is 13.7. The number of hydrogen-bond acceptors (Lipinski definition) is 6. The molecule has 0 spiro atoms. The van der Waals surface area contributed by atoms with Gasteiger partial charge in [-0.3, -0.25) is 0 Å². The predicted molar refractivity (Wildman–Crippen MR) is 85.3 cm³/mol. The number of carboxylic acid groups (broad SMARTS) is 1. The highest BCUT2D eigenvalue weighted by Gasteiger charge is 2.18. The summed E-state index contributed by atoms with van der Waals surface area (Å²) in [4.78, 5) is 11.1. The molecule has 0 saturated heterocycles. The Morgan fingerprint density at radius 1 is 1.30 bits per heavy atom. The number of aromatic carboxylic acids is 1. The molecule has 0 atom stereocenters. The van der Waals surface area contributed by atoms with Crippen molar-refractivity contribution in [3.63, 3.8) is 0 Å². The fraction of sp³-hybridized carbons (Fsp3) is 0.500. The second-order valence-corrected chi connectivity index (χ2v) is 6.38. The lowest BCUT2D eigenvalue weighted by Gasteiger charge is -2.11. The van der Waals surface area contributed by atoms with E-state index >= 15 is 0 Å². The largest absolute Gasteiger partial charge is 0.478 e. The summed E-state index contributed by atoms with van der Waals surface area (Å²) in [5.41, 5.74) is 0.0810. The van der Waals surface area contributed by atoms with E-state index in [9.17, 15) is 18.3 Å². The van der Waals surface area contributed by atoms with Crippen LogP contribution in [-0.2, 0) is 14.8 Å². The number of carboxylic acids is 1. The van der Waals surface area contributed by atoms with Crippen LogP contribution >= 0.6 is 0 Å². The molecule has 0 bridgehead atoms. The van der Waals surface area contributed by atoms with Gasteiger partial charge >= 0.3 is 5.97 Å². The van der Waals surface area contributed by atoms with Crippen molar-refractivity contribution in [2.45, 2.75) is 18.2 Å². The Labute approximate surface area is 135 Å². The Morgan fingerprint density at radius 3 is 2.65 bits per heavy atom. The smallest absolute Gasteiger partial charge is 0.337 e. The van der Waals surface area contributed by atoms with Crippen LogP contribution < -0.4 is 10.0 Å². The highest BCUT2D eigenvalue weighted by atomic mass is 32.2. The zero-order chi connectivity index (χ0) is 17.3. The first-order valence-corrected chi connectivity index (χ1v) is 8.70. The Balaban J connectivity index is 2.85. The molecule has 1 rings (SSSR count). The second kappa shape index (κ2) is 9.46. The quantitative estimate of drug-likeness (QED) is 0.430. The van der Waals surface area contributed by atoms with Gasteiger partial charge in [0.05, 0.1) is 17.1 Å². The molecule has 1 aromatic rings. The molecular formula is C14H22N2O6S. The number of carbonyl (C=O) groups is 1. The van der Waals surface area contributed by atoms with Crippen LogP contribution in [0.25, 0.3) is 0 Å². The summed E-state index contributed by atoms with van der Waals surface area (Å²) in [5, 5.41) is 20.7. The third kappa shape index (κ3) is 6.14. The Morgan fingerprint density at radius 2 is 2.04 bits per heavy atom. The molecule has 0 aliphatic rings. The van der Waals surface area contributed by atoms with Gasteiger partial charge in [0.25, 0.3) is 0 Å². The first-order valence-electron chi connectivity index (χ1n) is 7.22. The van der Waals surface area contributed by atoms with Gasteiger partial charge in [-0.15, -0.1) is 0 Å². The summed E-state index contributed by atoms with van der Waals surface area (Å²) in [6.45, 7) is 3.07. The van der Waals surface area contributed by atoms with Gasteiger partial charge in [0.1, 0.15) is 0 Å². The standard InChI is InChI=1S/C14H22N2O6S/c1-2-22-9-3-6-16-23(20,21)11-4-5-13(15-7-8-17)12(10-11)14(18)19/h4-5,10,15-17H,2-3,6-9H2,1H3,(H,18,19). The lowest BCUT2D eigenvalue weighted by Crippen LogP contribution is -2.26. The number of nitrogens with one attached hydrogen (secondary N) is 2. The summed E-state index contributed by atoms with van der Waals surface area (Å²) < 4.78 is 31.8. The van der Waals surface area contributed by atoms with E-state index in [1.54, 1.807) is 0 Å². The van der Waals surface area contributed by atoms with Crippen molar-refractivity contribution in [1.82, 2.24) is 4.72 Å². The molecule has 8 nitrogen and oxygen atoms in total. The van der Waals surface area contributed by atoms with Gasteiger partial charge in [0, 0.05) is 32.0 Å². The van der Waals surface area contributed by atoms with E-state index in [2.05, 4.69) is 10.0 Å². The van der Waals surface area contributed by atoms with E-state index in [1.807, 2.05) is 6.92 Å². The zero-order valence-electron chi connectivity index (χ0n) is 12.9. The number of hydrogen-bond donors (Lipinski definition) is 4. The minimum absolute atomic E-state index is 0.124. The normalized spacial score (nSPS) is 11.4. The third-order valence-electron chi connectivity index (χ3n) is 2.92. The van der Waals surface area contributed by atoms with Crippen molar-refractivity contribution in [2.75, 3.05) is 38.2 Å². The molecule has 130 valence electrons. The van der Waals surface area contributed by atoms with Crippen molar-refractivity contribution in [3.05, 3.63) is 23.8 Å². The van der Waals surface area contributed by atoms with Crippen molar-refractivity contribution < 1.29 is 28.2 Å². The molecule has 0 aliphatic heterocycles. The van der Waals surface area contributed by atoms with Crippen molar-refractivity contribution in [1.29, 1.82) is 0 Å². The van der Waals surface area contributed by atoms with Crippen LogP contribution in [0.2, 0.25) is 0 Å². The number of anilines is 1. The number of aliphatic hydroxyl groups is 1. The monoisotopic (exact) mass is 346 g/mol. The molecule has 0 aliphatic carbocycles. The molecule has 0 unspecified atom stereocenters. The van der Waals surface area contributed by atoms with E-state index in [-0.39, 0.29) is 35.8 Å². The molecule has 0 aromatic heterocycles. The summed E-state index contributed by atoms with van der Waals surface area (Å²) in [5.74, 6) is -1.25. The van der Waals surface area contributed by atoms with Crippen LogP contribution in [0.5, 0.6) is 0 Å². The van der Waals surface area contributed by atoms with E-state index < -0.39 is 16.0 Å². The maximum atomic E-state index is 12.2. The fourth-order valence-corrected chi connectivity index (χ4v) is 2.92. The first kappa shape index (κ1) is 19.4. The minimum Gasteiger partial charge on any atom is -0.478 e. The molecule has 1 aromatic carbocycles. The number of aliphatic hydroxyl groups excluding tert-OH is 1. The van der Waals surface area contributed by atoms with E-state index in [4.69, 9.17) is 9.84 Å². The van der Waals surface area contributed by atoms with Crippen molar-refractivity contribution in [3.8, 4) is 0 Å². The van der Waals surface area contributed by atoms with E-state index in [1.165, 1.54) is 12.1 Å². The maximum Gasteiger partial charge on any atom is 0.337 e. The summed E-state index contributed by atoms with van der Waals surface area (Å²) >= 11 is 0. The molecule has 23 heavy (non-hydrogen) atoms. The summed E-state index contributed by atoms with van der Waals surface area (Å²) in [7, 11) is -3.79. The van der Waals surface area contributed by atoms with Crippen LogP contribution in [0.1, 0.15) is 23.7 Å². The molecule has 4 N–H and O–H groups in total. The molecule has 0 heterocycles. The van der Waals surface area contributed by atoms with Gasteiger partial charge in [-0.25, -0.2) is 17.9 Å². The Bertz CT molecular complexity index is 618. The van der Waals surface area contributed by atoms with Gasteiger partial charge in [-0.05, 0) is 31.5 Å². The lowest BCUT2D eigenvalue weighted by atomic mass is 10.2. The topological polar surface area (TPSA) is 125 Å². The second-order valence-electron chi connectivity index (χ2n) is 4.61. The average molecular weight is 346 g/mol. The highest BCUT2D eigenvalue weighted by Crippen LogP contribution is 2.20. The first-order chi connectivity index (χ1) is 10.9. The van der Waals surface area contributed by atoms with Crippen LogP contribution in [0.4, 0.5) is 5.69 Å². The van der Waals surface area contributed by atoms with E-state index in [0.717, 1.165) is 6.07 Å². The number of ether oxygens (including phenoxy) is 1. The molecule has 0 amide bonds. The van der Waals surface area contributed by atoms with Crippen molar-refractivity contribution in [2.24, 2.45) is 0 Å². The van der Waals surface area contributed by atoms with Gasteiger partial charge in [-0.2, -0.15) is 0 Å².